The second-order valence-electron chi connectivity index (χ2n) is 6.33. The standard InChI is InChI=1S/C17H18FN7O/c1-11-4-6-25-16(22-11)14(9-21-25)17(26)19-8-13-7-12(18)10-24(13)15-3-2-5-20-23-15/h2-6,9,12-13H,7-8,10H2,1H3,(H,19,26)/t12-,13-/m0/s1. The maximum absolute atomic E-state index is 13.9. The third-order valence-corrected chi connectivity index (χ3v) is 4.47. The Morgan fingerprint density at radius 1 is 1.42 bits per heavy atom. The number of aryl methyl sites for hydroxylation is 1. The van der Waals surface area contributed by atoms with Crippen LogP contribution in [0.25, 0.3) is 5.65 Å². The van der Waals surface area contributed by atoms with Crippen molar-refractivity contribution in [2.45, 2.75) is 25.6 Å². The van der Waals surface area contributed by atoms with Gasteiger partial charge in [0.05, 0.1) is 18.8 Å². The van der Waals surface area contributed by atoms with Gasteiger partial charge in [-0.1, -0.05) is 0 Å². The smallest absolute Gasteiger partial charge is 0.256 e. The molecule has 0 unspecified atom stereocenters. The summed E-state index contributed by atoms with van der Waals surface area (Å²) in [6.07, 6.45) is 4.20. The molecule has 8 nitrogen and oxygen atoms in total. The van der Waals surface area contributed by atoms with E-state index in [9.17, 15) is 9.18 Å². The van der Waals surface area contributed by atoms with Gasteiger partial charge in [-0.05, 0) is 25.1 Å². The molecule has 1 saturated heterocycles. The van der Waals surface area contributed by atoms with Crippen LogP contribution in [-0.2, 0) is 0 Å². The Labute approximate surface area is 149 Å². The van der Waals surface area contributed by atoms with Gasteiger partial charge in [-0.3, -0.25) is 4.79 Å². The van der Waals surface area contributed by atoms with E-state index in [0.29, 0.717) is 30.0 Å². The zero-order chi connectivity index (χ0) is 18.1. The molecule has 1 amide bonds. The summed E-state index contributed by atoms with van der Waals surface area (Å²) in [6.45, 7) is 2.41. The molecule has 0 aromatic carbocycles. The number of anilines is 1. The molecule has 9 heteroatoms. The van der Waals surface area contributed by atoms with Crippen LogP contribution in [0.3, 0.4) is 0 Å². The molecule has 3 aromatic heterocycles. The Bertz CT molecular complexity index is 929. The van der Waals surface area contributed by atoms with E-state index < -0.39 is 6.17 Å². The fourth-order valence-corrected chi connectivity index (χ4v) is 3.21. The number of aromatic nitrogens is 5. The molecule has 0 aliphatic carbocycles. The van der Waals surface area contributed by atoms with Crippen molar-refractivity contribution in [1.82, 2.24) is 30.1 Å². The summed E-state index contributed by atoms with van der Waals surface area (Å²) >= 11 is 0. The van der Waals surface area contributed by atoms with E-state index in [1.807, 2.05) is 17.9 Å². The lowest BCUT2D eigenvalue weighted by molar-refractivity contribution is 0.0952. The zero-order valence-corrected chi connectivity index (χ0v) is 14.2. The van der Waals surface area contributed by atoms with Crippen molar-refractivity contribution in [1.29, 1.82) is 0 Å². The SMILES string of the molecule is Cc1ccn2ncc(C(=O)NC[C@@H]3C[C@H](F)CN3c3cccnn3)c2n1. The first-order valence-electron chi connectivity index (χ1n) is 8.39. The van der Waals surface area contributed by atoms with Gasteiger partial charge in [-0.15, -0.1) is 5.10 Å². The van der Waals surface area contributed by atoms with Crippen LogP contribution < -0.4 is 10.2 Å². The van der Waals surface area contributed by atoms with E-state index in [-0.39, 0.29) is 18.5 Å². The molecule has 0 radical (unpaired) electrons. The quantitative estimate of drug-likeness (QED) is 0.756. The summed E-state index contributed by atoms with van der Waals surface area (Å²) in [5.74, 6) is 0.333. The minimum Gasteiger partial charge on any atom is -0.350 e. The summed E-state index contributed by atoms with van der Waals surface area (Å²) in [4.78, 5) is 18.8. The molecular weight excluding hydrogens is 337 g/mol. The molecule has 0 bridgehead atoms. The molecule has 0 saturated carbocycles. The van der Waals surface area contributed by atoms with E-state index in [1.54, 1.807) is 29.0 Å². The number of fused-ring (bicyclic) bond motifs is 1. The molecule has 2 atom stereocenters. The number of amides is 1. The topological polar surface area (TPSA) is 88.3 Å². The fraction of sp³-hybridized carbons (Fsp3) is 0.353. The molecule has 4 heterocycles. The number of nitrogens with zero attached hydrogens (tertiary/aromatic N) is 6. The Balaban J connectivity index is 1.48. The van der Waals surface area contributed by atoms with E-state index in [4.69, 9.17) is 0 Å². The molecular formula is C17H18FN7O. The maximum atomic E-state index is 13.9. The van der Waals surface area contributed by atoms with E-state index in [1.165, 1.54) is 6.20 Å². The highest BCUT2D eigenvalue weighted by Crippen LogP contribution is 2.25. The number of carbonyl (C=O) groups is 1. The predicted octanol–water partition coefficient (Wildman–Crippen LogP) is 1.17. The summed E-state index contributed by atoms with van der Waals surface area (Å²) in [7, 11) is 0. The lowest BCUT2D eigenvalue weighted by Gasteiger charge is -2.24. The lowest BCUT2D eigenvalue weighted by Crippen LogP contribution is -2.40. The molecule has 26 heavy (non-hydrogen) atoms. The van der Waals surface area contributed by atoms with Crippen LogP contribution in [0, 0.1) is 6.92 Å². The van der Waals surface area contributed by atoms with Crippen molar-refractivity contribution < 1.29 is 9.18 Å². The van der Waals surface area contributed by atoms with Gasteiger partial charge in [0, 0.05) is 31.1 Å². The van der Waals surface area contributed by atoms with Crippen LogP contribution in [0.5, 0.6) is 0 Å². The highest BCUT2D eigenvalue weighted by Gasteiger charge is 2.33. The number of nitrogens with one attached hydrogen (secondary N) is 1. The van der Waals surface area contributed by atoms with Crippen molar-refractivity contribution in [3.05, 3.63) is 48.0 Å². The summed E-state index contributed by atoms with van der Waals surface area (Å²) in [6, 6.07) is 5.19. The summed E-state index contributed by atoms with van der Waals surface area (Å²) < 4.78 is 15.5. The number of rotatable bonds is 4. The van der Waals surface area contributed by atoms with Crippen LogP contribution >= 0.6 is 0 Å². The average Bonchev–Trinajstić information content (AvgIpc) is 3.23. The van der Waals surface area contributed by atoms with Crippen LogP contribution in [-0.4, -0.2) is 56.0 Å². The van der Waals surface area contributed by atoms with Crippen molar-refractivity contribution in [3.8, 4) is 0 Å². The predicted molar refractivity (Wildman–Crippen MR) is 92.7 cm³/mol. The molecule has 1 aliphatic rings. The van der Waals surface area contributed by atoms with Gasteiger partial charge >= 0.3 is 0 Å². The number of halogens is 1. The van der Waals surface area contributed by atoms with Gasteiger partial charge in [0.25, 0.3) is 5.91 Å². The molecule has 1 N–H and O–H groups in total. The van der Waals surface area contributed by atoms with Crippen LogP contribution in [0.2, 0.25) is 0 Å². The normalized spacial score (nSPS) is 19.8. The fourth-order valence-electron chi connectivity index (χ4n) is 3.21. The second kappa shape index (κ2) is 6.66. The zero-order valence-electron chi connectivity index (χ0n) is 14.2. The van der Waals surface area contributed by atoms with Crippen LogP contribution in [0.1, 0.15) is 22.5 Å². The third kappa shape index (κ3) is 3.07. The monoisotopic (exact) mass is 355 g/mol. The second-order valence-corrected chi connectivity index (χ2v) is 6.33. The van der Waals surface area contributed by atoms with Gasteiger partial charge in [0.15, 0.2) is 11.5 Å². The van der Waals surface area contributed by atoms with E-state index in [2.05, 4.69) is 25.6 Å². The van der Waals surface area contributed by atoms with Gasteiger partial charge in [0.1, 0.15) is 11.7 Å². The number of hydrogen-bond donors (Lipinski definition) is 1. The number of hydrogen-bond acceptors (Lipinski definition) is 6. The molecule has 0 spiro atoms. The molecule has 134 valence electrons. The Morgan fingerprint density at radius 2 is 2.31 bits per heavy atom. The molecule has 1 aliphatic heterocycles. The minimum atomic E-state index is -0.958. The van der Waals surface area contributed by atoms with E-state index >= 15 is 0 Å². The van der Waals surface area contributed by atoms with Crippen molar-refractivity contribution in [2.75, 3.05) is 18.0 Å². The Morgan fingerprint density at radius 3 is 3.12 bits per heavy atom. The first kappa shape index (κ1) is 16.4. The highest BCUT2D eigenvalue weighted by atomic mass is 19.1. The van der Waals surface area contributed by atoms with Crippen molar-refractivity contribution in [2.24, 2.45) is 0 Å². The summed E-state index contributed by atoms with van der Waals surface area (Å²) in [5, 5.41) is 14.9. The van der Waals surface area contributed by atoms with Gasteiger partial charge in [0.2, 0.25) is 0 Å². The third-order valence-electron chi connectivity index (χ3n) is 4.47. The molecule has 3 aromatic rings. The van der Waals surface area contributed by atoms with Gasteiger partial charge < -0.3 is 10.2 Å². The lowest BCUT2D eigenvalue weighted by atomic mass is 10.2. The Kier molecular flexibility index (Phi) is 4.19. The first-order chi connectivity index (χ1) is 12.6. The van der Waals surface area contributed by atoms with Crippen LogP contribution in [0.15, 0.2) is 36.8 Å². The van der Waals surface area contributed by atoms with Crippen molar-refractivity contribution in [3.63, 3.8) is 0 Å². The minimum absolute atomic E-state index is 0.179. The molecule has 1 fully saturated rings. The maximum Gasteiger partial charge on any atom is 0.256 e. The largest absolute Gasteiger partial charge is 0.350 e. The van der Waals surface area contributed by atoms with Gasteiger partial charge in [-0.25, -0.2) is 13.9 Å². The van der Waals surface area contributed by atoms with E-state index in [0.717, 1.165) is 5.69 Å². The average molecular weight is 355 g/mol. The summed E-state index contributed by atoms with van der Waals surface area (Å²) in [5.41, 5.74) is 1.70. The van der Waals surface area contributed by atoms with Crippen LogP contribution in [0.4, 0.5) is 10.2 Å². The van der Waals surface area contributed by atoms with Gasteiger partial charge in [-0.2, -0.15) is 10.2 Å². The molecule has 4 rings (SSSR count). The highest BCUT2D eigenvalue weighted by molar-refractivity contribution is 5.99. The van der Waals surface area contributed by atoms with Crippen molar-refractivity contribution >= 4 is 17.4 Å². The first-order valence-corrected chi connectivity index (χ1v) is 8.39. The number of alkyl halides is 1. The Hall–Kier alpha value is -3.10. The number of carbonyl (C=O) groups excluding carboxylic acids is 1.